The SMILES string of the molecule is COCCCNCCC(CO)C1CC1. The number of hydrogen-bond acceptors (Lipinski definition) is 3. The average molecular weight is 201 g/mol. The molecule has 3 nitrogen and oxygen atoms in total. The van der Waals surface area contributed by atoms with Crippen molar-refractivity contribution in [1.29, 1.82) is 0 Å². The molecule has 0 saturated heterocycles. The van der Waals surface area contributed by atoms with Crippen molar-refractivity contribution in [3.05, 3.63) is 0 Å². The third kappa shape index (κ3) is 4.94. The van der Waals surface area contributed by atoms with E-state index in [4.69, 9.17) is 9.84 Å². The molecule has 3 heteroatoms. The zero-order chi connectivity index (χ0) is 10.2. The van der Waals surface area contributed by atoms with Crippen molar-refractivity contribution in [1.82, 2.24) is 5.32 Å². The molecule has 84 valence electrons. The molecule has 0 aromatic heterocycles. The Hall–Kier alpha value is -0.120. The van der Waals surface area contributed by atoms with Crippen LogP contribution in [0.1, 0.15) is 25.7 Å². The van der Waals surface area contributed by atoms with Gasteiger partial charge in [-0.05, 0) is 50.6 Å². The van der Waals surface area contributed by atoms with Gasteiger partial charge in [0, 0.05) is 20.3 Å². The van der Waals surface area contributed by atoms with E-state index in [0.29, 0.717) is 12.5 Å². The number of ether oxygens (including phenoxy) is 1. The number of methoxy groups -OCH3 is 1. The van der Waals surface area contributed by atoms with Crippen molar-refractivity contribution in [2.45, 2.75) is 25.7 Å². The van der Waals surface area contributed by atoms with Gasteiger partial charge in [-0.1, -0.05) is 0 Å². The summed E-state index contributed by atoms with van der Waals surface area (Å²) >= 11 is 0. The first-order chi connectivity index (χ1) is 6.88. The highest BCUT2D eigenvalue weighted by atomic mass is 16.5. The molecule has 0 aliphatic heterocycles. The molecular formula is C11H23NO2. The Labute approximate surface area is 86.8 Å². The van der Waals surface area contributed by atoms with Crippen LogP contribution in [0.4, 0.5) is 0 Å². The maximum absolute atomic E-state index is 9.13. The Kier molecular flexibility index (Phi) is 6.15. The first-order valence-electron chi connectivity index (χ1n) is 5.69. The van der Waals surface area contributed by atoms with Crippen molar-refractivity contribution in [3.8, 4) is 0 Å². The fourth-order valence-electron chi connectivity index (χ4n) is 1.80. The monoisotopic (exact) mass is 201 g/mol. The van der Waals surface area contributed by atoms with Crippen LogP contribution in [0.5, 0.6) is 0 Å². The van der Waals surface area contributed by atoms with Crippen LogP contribution in [-0.2, 0) is 4.74 Å². The standard InChI is InChI=1S/C11H23NO2/c1-14-8-2-6-12-7-5-11(9-13)10-3-4-10/h10-13H,2-9H2,1H3. The Morgan fingerprint density at radius 3 is 2.79 bits per heavy atom. The summed E-state index contributed by atoms with van der Waals surface area (Å²) in [6.07, 6.45) is 4.85. The minimum absolute atomic E-state index is 0.365. The van der Waals surface area contributed by atoms with Gasteiger partial charge in [0.25, 0.3) is 0 Å². The van der Waals surface area contributed by atoms with E-state index in [1.165, 1.54) is 12.8 Å². The molecule has 1 unspecified atom stereocenters. The summed E-state index contributed by atoms with van der Waals surface area (Å²) in [5.41, 5.74) is 0. The predicted molar refractivity (Wildman–Crippen MR) is 57.3 cm³/mol. The Balaban J connectivity index is 1.86. The number of aliphatic hydroxyl groups excluding tert-OH is 1. The molecule has 1 aliphatic carbocycles. The molecule has 1 atom stereocenters. The lowest BCUT2D eigenvalue weighted by atomic mass is 10.0. The maximum atomic E-state index is 9.13. The Morgan fingerprint density at radius 1 is 1.43 bits per heavy atom. The van der Waals surface area contributed by atoms with Crippen molar-refractivity contribution in [2.75, 3.05) is 33.4 Å². The molecule has 2 N–H and O–H groups in total. The van der Waals surface area contributed by atoms with Crippen molar-refractivity contribution < 1.29 is 9.84 Å². The highest BCUT2D eigenvalue weighted by Gasteiger charge is 2.29. The van der Waals surface area contributed by atoms with E-state index >= 15 is 0 Å². The fraction of sp³-hybridized carbons (Fsp3) is 1.00. The van der Waals surface area contributed by atoms with E-state index in [9.17, 15) is 0 Å². The average Bonchev–Trinajstić information content (AvgIpc) is 3.01. The highest BCUT2D eigenvalue weighted by Crippen LogP contribution is 2.37. The topological polar surface area (TPSA) is 41.5 Å². The van der Waals surface area contributed by atoms with Gasteiger partial charge < -0.3 is 15.2 Å². The fourth-order valence-corrected chi connectivity index (χ4v) is 1.80. The van der Waals surface area contributed by atoms with Crippen molar-refractivity contribution >= 4 is 0 Å². The van der Waals surface area contributed by atoms with Crippen LogP contribution < -0.4 is 5.32 Å². The van der Waals surface area contributed by atoms with Gasteiger partial charge in [0.05, 0.1) is 0 Å². The lowest BCUT2D eigenvalue weighted by molar-refractivity contribution is 0.190. The lowest BCUT2D eigenvalue weighted by Gasteiger charge is -2.13. The third-order valence-corrected chi connectivity index (χ3v) is 2.92. The molecule has 1 rings (SSSR count). The van der Waals surface area contributed by atoms with Gasteiger partial charge in [0.15, 0.2) is 0 Å². The number of aliphatic hydroxyl groups is 1. The second kappa shape index (κ2) is 7.21. The first-order valence-corrected chi connectivity index (χ1v) is 5.69. The van der Waals surface area contributed by atoms with E-state index in [1.54, 1.807) is 7.11 Å². The normalized spacial score (nSPS) is 18.4. The minimum Gasteiger partial charge on any atom is -0.396 e. The second-order valence-electron chi connectivity index (χ2n) is 4.17. The molecule has 1 aliphatic rings. The van der Waals surface area contributed by atoms with Gasteiger partial charge in [-0.25, -0.2) is 0 Å². The molecule has 0 aromatic rings. The summed E-state index contributed by atoms with van der Waals surface area (Å²) in [5.74, 6) is 1.37. The number of hydrogen-bond donors (Lipinski definition) is 2. The van der Waals surface area contributed by atoms with Gasteiger partial charge in [0.1, 0.15) is 0 Å². The van der Waals surface area contributed by atoms with Gasteiger partial charge in [-0.2, -0.15) is 0 Å². The molecule has 1 fully saturated rings. The van der Waals surface area contributed by atoms with E-state index in [1.807, 2.05) is 0 Å². The summed E-state index contributed by atoms with van der Waals surface area (Å²) in [7, 11) is 1.73. The Morgan fingerprint density at radius 2 is 2.21 bits per heavy atom. The first kappa shape index (κ1) is 12.0. The predicted octanol–water partition coefficient (Wildman–Crippen LogP) is 1.02. The number of nitrogens with one attached hydrogen (secondary N) is 1. The van der Waals surface area contributed by atoms with Crippen molar-refractivity contribution in [2.24, 2.45) is 11.8 Å². The van der Waals surface area contributed by atoms with Crippen LogP contribution in [0.15, 0.2) is 0 Å². The zero-order valence-corrected chi connectivity index (χ0v) is 9.17. The van der Waals surface area contributed by atoms with Crippen molar-refractivity contribution in [3.63, 3.8) is 0 Å². The summed E-state index contributed by atoms with van der Waals surface area (Å²) in [5, 5.41) is 12.5. The van der Waals surface area contributed by atoms with Crippen LogP contribution in [0, 0.1) is 11.8 Å². The van der Waals surface area contributed by atoms with Crippen LogP contribution in [0.2, 0.25) is 0 Å². The molecule has 0 aromatic carbocycles. The van der Waals surface area contributed by atoms with Crippen LogP contribution in [0.25, 0.3) is 0 Å². The zero-order valence-electron chi connectivity index (χ0n) is 9.17. The molecular weight excluding hydrogens is 178 g/mol. The molecule has 0 spiro atoms. The van der Waals surface area contributed by atoms with Crippen LogP contribution in [-0.4, -0.2) is 38.5 Å². The van der Waals surface area contributed by atoms with E-state index in [0.717, 1.165) is 38.5 Å². The van der Waals surface area contributed by atoms with E-state index < -0.39 is 0 Å². The maximum Gasteiger partial charge on any atom is 0.0474 e. The number of rotatable bonds is 9. The summed E-state index contributed by atoms with van der Waals surface area (Å²) in [6, 6.07) is 0. The summed E-state index contributed by atoms with van der Waals surface area (Å²) < 4.78 is 4.96. The van der Waals surface area contributed by atoms with Crippen LogP contribution in [0.3, 0.4) is 0 Å². The second-order valence-corrected chi connectivity index (χ2v) is 4.17. The van der Waals surface area contributed by atoms with E-state index in [-0.39, 0.29) is 0 Å². The molecule has 1 saturated carbocycles. The van der Waals surface area contributed by atoms with Gasteiger partial charge in [0.2, 0.25) is 0 Å². The van der Waals surface area contributed by atoms with Gasteiger partial charge in [-0.3, -0.25) is 0 Å². The van der Waals surface area contributed by atoms with Gasteiger partial charge in [-0.15, -0.1) is 0 Å². The van der Waals surface area contributed by atoms with E-state index in [2.05, 4.69) is 5.32 Å². The Bertz CT molecular complexity index is 137. The smallest absolute Gasteiger partial charge is 0.0474 e. The molecule has 14 heavy (non-hydrogen) atoms. The highest BCUT2D eigenvalue weighted by molar-refractivity contribution is 4.81. The molecule has 0 radical (unpaired) electrons. The molecule has 0 heterocycles. The minimum atomic E-state index is 0.365. The summed E-state index contributed by atoms with van der Waals surface area (Å²) in [4.78, 5) is 0. The summed E-state index contributed by atoms with van der Waals surface area (Å²) in [6.45, 7) is 3.26. The molecule has 0 amide bonds. The quantitative estimate of drug-likeness (QED) is 0.547. The lowest BCUT2D eigenvalue weighted by Crippen LogP contribution is -2.22. The molecule has 0 bridgehead atoms. The van der Waals surface area contributed by atoms with Gasteiger partial charge >= 0.3 is 0 Å². The largest absolute Gasteiger partial charge is 0.396 e. The van der Waals surface area contributed by atoms with Crippen LogP contribution >= 0.6 is 0 Å². The third-order valence-electron chi connectivity index (χ3n) is 2.92.